The minimum absolute atomic E-state index is 0.0573. The number of rotatable bonds is 9. The Morgan fingerprint density at radius 1 is 0.435 bits per heavy atom. The van der Waals surface area contributed by atoms with E-state index in [1.54, 1.807) is 27.7 Å². The third-order valence-electron chi connectivity index (χ3n) is 12.4. The summed E-state index contributed by atoms with van der Waals surface area (Å²) >= 11 is 0. The summed E-state index contributed by atoms with van der Waals surface area (Å²) in [6.07, 6.45) is -22.2. The third-order valence-corrected chi connectivity index (χ3v) is 12.4. The maximum atomic E-state index is 15.3. The molecule has 0 aromatic heterocycles. The van der Waals surface area contributed by atoms with Crippen molar-refractivity contribution in [1.29, 1.82) is 0 Å². The van der Waals surface area contributed by atoms with E-state index in [1.807, 2.05) is 0 Å². The molecular formula is C44H36F12N2O4. The van der Waals surface area contributed by atoms with Gasteiger partial charge in [0.15, 0.2) is 0 Å². The molecular weight excluding hydrogens is 848 g/mol. The lowest BCUT2D eigenvalue weighted by Gasteiger charge is -2.38. The number of anilines is 1. The first-order valence-electron chi connectivity index (χ1n) is 19.1. The van der Waals surface area contributed by atoms with Gasteiger partial charge in [-0.25, -0.2) is 4.90 Å². The Kier molecular flexibility index (Phi) is 10.9. The normalized spacial score (nSPS) is 15.5. The zero-order chi connectivity index (χ0) is 46.5. The molecule has 0 atom stereocenters. The van der Waals surface area contributed by atoms with E-state index in [0.29, 0.717) is 49.2 Å². The molecule has 0 fully saturated rings. The molecule has 6 rings (SSSR count). The first-order chi connectivity index (χ1) is 28.4. The Morgan fingerprint density at radius 3 is 1.27 bits per heavy atom. The molecule has 2 aliphatic rings. The van der Waals surface area contributed by atoms with Crippen molar-refractivity contribution >= 4 is 29.3 Å². The molecule has 4 aromatic rings. The molecule has 330 valence electrons. The number of nitrogens with zero attached hydrogens (tertiary/aromatic N) is 2. The molecule has 6 nitrogen and oxygen atoms in total. The van der Waals surface area contributed by atoms with Crippen LogP contribution in [0.15, 0.2) is 72.8 Å². The van der Waals surface area contributed by atoms with Crippen LogP contribution in [0.1, 0.15) is 130 Å². The number of alkyl halides is 12. The van der Waals surface area contributed by atoms with Gasteiger partial charge in [0.1, 0.15) is 0 Å². The Morgan fingerprint density at radius 2 is 0.823 bits per heavy atom. The first kappa shape index (κ1) is 45.8. The van der Waals surface area contributed by atoms with Crippen molar-refractivity contribution < 1.29 is 71.9 Å². The quantitative estimate of drug-likeness (QED) is 0.124. The van der Waals surface area contributed by atoms with Gasteiger partial charge < -0.3 is 0 Å². The zero-order valence-corrected chi connectivity index (χ0v) is 33.6. The minimum atomic E-state index is -6.29. The second kappa shape index (κ2) is 14.7. The largest absolute Gasteiger partial charge is 0.417 e. The van der Waals surface area contributed by atoms with E-state index < -0.39 is 126 Å². The highest BCUT2D eigenvalue weighted by atomic mass is 19.4. The van der Waals surface area contributed by atoms with Crippen LogP contribution in [0.5, 0.6) is 0 Å². The summed E-state index contributed by atoms with van der Waals surface area (Å²) in [6, 6.07) is 6.51. The fraction of sp³-hybridized carbons (Fsp3) is 0.364. The van der Waals surface area contributed by atoms with E-state index in [4.69, 9.17) is 0 Å². The number of imide groups is 2. The van der Waals surface area contributed by atoms with Crippen molar-refractivity contribution in [1.82, 2.24) is 4.90 Å². The van der Waals surface area contributed by atoms with E-state index in [2.05, 4.69) is 0 Å². The molecule has 62 heavy (non-hydrogen) atoms. The average molecular weight is 885 g/mol. The Labute approximate surface area is 346 Å². The molecule has 0 unspecified atom stereocenters. The van der Waals surface area contributed by atoms with Gasteiger partial charge >= 0.3 is 24.7 Å². The fourth-order valence-electron chi connectivity index (χ4n) is 8.06. The van der Waals surface area contributed by atoms with Gasteiger partial charge in [0, 0.05) is 5.54 Å². The van der Waals surface area contributed by atoms with E-state index in [-0.39, 0.29) is 35.1 Å². The lowest BCUT2D eigenvalue weighted by molar-refractivity contribution is -0.288. The van der Waals surface area contributed by atoms with Gasteiger partial charge in [-0.1, -0.05) is 58.0 Å². The Balaban J connectivity index is 1.49. The van der Waals surface area contributed by atoms with Crippen molar-refractivity contribution in [2.45, 2.75) is 102 Å². The highest BCUT2D eigenvalue weighted by Crippen LogP contribution is 2.57. The molecule has 18 heteroatoms. The lowest BCUT2D eigenvalue weighted by Crippen LogP contribution is -2.55. The minimum Gasteiger partial charge on any atom is -0.269 e. The van der Waals surface area contributed by atoms with Gasteiger partial charge in [-0.2, -0.15) is 52.7 Å². The summed E-state index contributed by atoms with van der Waals surface area (Å²) < 4.78 is 179. The van der Waals surface area contributed by atoms with Crippen LogP contribution in [-0.4, -0.2) is 46.4 Å². The van der Waals surface area contributed by atoms with Gasteiger partial charge in [0.05, 0.1) is 39.1 Å². The molecule has 0 saturated carbocycles. The predicted molar refractivity (Wildman–Crippen MR) is 202 cm³/mol. The number of benzene rings is 4. The number of hydrogen-bond acceptors (Lipinski definition) is 4. The van der Waals surface area contributed by atoms with Crippen LogP contribution in [0.25, 0.3) is 11.1 Å². The zero-order valence-electron chi connectivity index (χ0n) is 33.6. The van der Waals surface area contributed by atoms with Gasteiger partial charge in [-0.15, -0.1) is 0 Å². The van der Waals surface area contributed by atoms with E-state index in [0.717, 1.165) is 17.0 Å². The Hall–Kier alpha value is -5.68. The highest BCUT2D eigenvalue weighted by molar-refractivity contribution is 6.34. The van der Waals surface area contributed by atoms with Crippen LogP contribution in [0.3, 0.4) is 0 Å². The first-order valence-corrected chi connectivity index (χ1v) is 19.1. The maximum absolute atomic E-state index is 15.3. The number of amides is 4. The average Bonchev–Trinajstić information content (AvgIpc) is 3.58. The van der Waals surface area contributed by atoms with Crippen LogP contribution in [0.2, 0.25) is 0 Å². The highest BCUT2D eigenvalue weighted by Gasteiger charge is 2.73. The number of hydrogen-bond donors (Lipinski definition) is 0. The maximum Gasteiger partial charge on any atom is 0.417 e. The number of fused-ring (bicyclic) bond motifs is 2. The number of carbonyl (C=O) groups is 4. The van der Waals surface area contributed by atoms with Crippen LogP contribution in [-0.2, 0) is 23.2 Å². The molecule has 0 N–H and O–H groups in total. The monoisotopic (exact) mass is 884 g/mol. The van der Waals surface area contributed by atoms with Crippen molar-refractivity contribution in [3.05, 3.63) is 123 Å². The lowest BCUT2D eigenvalue weighted by atomic mass is 9.71. The Bertz CT molecular complexity index is 2510. The molecule has 4 aromatic carbocycles. The SMILES string of the molecule is CCC(C)(CC)c1ccc(-c2ccc(N3C(=O)c4ccc(C(c5ccc6c(c5)C(=O)N(C(C)(C)CC)C6=O)(C(F)(F)F)C(F)(F)F)cc4C3=O)cc2C(F)(F)F)c(C(F)(F)F)c1. The third kappa shape index (κ3) is 6.93. The smallest absolute Gasteiger partial charge is 0.269 e. The number of halogens is 12. The summed E-state index contributed by atoms with van der Waals surface area (Å²) in [6.45, 7) is 9.68. The van der Waals surface area contributed by atoms with Crippen molar-refractivity contribution in [2.24, 2.45) is 0 Å². The van der Waals surface area contributed by atoms with Gasteiger partial charge in [0.2, 0.25) is 5.41 Å². The fourth-order valence-corrected chi connectivity index (χ4v) is 8.06. The van der Waals surface area contributed by atoms with Crippen LogP contribution >= 0.6 is 0 Å². The second-order valence-electron chi connectivity index (χ2n) is 16.1. The summed E-state index contributed by atoms with van der Waals surface area (Å²) in [7, 11) is 0. The van der Waals surface area contributed by atoms with Gasteiger partial charge in [-0.05, 0) is 109 Å². The van der Waals surface area contributed by atoms with E-state index >= 15 is 26.3 Å². The summed E-state index contributed by atoms with van der Waals surface area (Å²) in [4.78, 5) is 54.7. The molecule has 2 heterocycles. The molecule has 0 aliphatic carbocycles. The van der Waals surface area contributed by atoms with Crippen molar-refractivity contribution in [3.63, 3.8) is 0 Å². The van der Waals surface area contributed by atoms with Crippen molar-refractivity contribution in [3.8, 4) is 11.1 Å². The van der Waals surface area contributed by atoms with Gasteiger partial charge in [0.25, 0.3) is 23.6 Å². The molecule has 4 amide bonds. The summed E-state index contributed by atoms with van der Waals surface area (Å²) in [5, 5.41) is 0. The van der Waals surface area contributed by atoms with E-state index in [9.17, 15) is 45.5 Å². The van der Waals surface area contributed by atoms with E-state index in [1.165, 1.54) is 19.9 Å². The molecule has 2 aliphatic heterocycles. The summed E-state index contributed by atoms with van der Waals surface area (Å²) in [5.74, 6) is -5.21. The van der Waals surface area contributed by atoms with Crippen LogP contribution in [0, 0.1) is 0 Å². The van der Waals surface area contributed by atoms with Crippen LogP contribution < -0.4 is 4.90 Å². The molecule has 0 saturated heterocycles. The molecule has 0 spiro atoms. The summed E-state index contributed by atoms with van der Waals surface area (Å²) in [5.41, 5.74) is -19.0. The van der Waals surface area contributed by atoms with Crippen molar-refractivity contribution in [2.75, 3.05) is 4.90 Å². The van der Waals surface area contributed by atoms with Gasteiger partial charge in [-0.3, -0.25) is 24.1 Å². The second-order valence-corrected chi connectivity index (χ2v) is 16.1. The predicted octanol–water partition coefficient (Wildman–Crippen LogP) is 12.5. The van der Waals surface area contributed by atoms with Crippen LogP contribution in [0.4, 0.5) is 58.4 Å². The number of carbonyl (C=O) groups excluding carboxylic acids is 4. The molecule has 0 bridgehead atoms. The standard InChI is InChI=1S/C44H36F12N2O4/c1-7-38(4,5)58-36(61)29-16-12-24(19-31(29)37(58)62)40(43(51,52)53,44(54,55)56)23-11-15-28-30(18-23)35(60)57(34(28)59)25-13-17-27(33(21-25)42(48,49)50)26-14-10-22(39(6,8-2)9-3)20-32(26)41(45,46)47/h10-21H,7-9H2,1-6H3. The molecule has 0 radical (unpaired) electrons. The topological polar surface area (TPSA) is 74.8 Å².